The van der Waals surface area contributed by atoms with Crippen molar-refractivity contribution in [2.75, 3.05) is 33.8 Å². The summed E-state index contributed by atoms with van der Waals surface area (Å²) in [6.07, 6.45) is 1.11. The Morgan fingerprint density at radius 3 is 3.00 bits per heavy atom. The molecule has 0 bridgehead atoms. The van der Waals surface area contributed by atoms with E-state index in [2.05, 4.69) is 15.5 Å². The van der Waals surface area contributed by atoms with Crippen LogP contribution >= 0.6 is 12.4 Å². The van der Waals surface area contributed by atoms with Gasteiger partial charge in [0.25, 0.3) is 0 Å². The average Bonchev–Trinajstić information content (AvgIpc) is 2.99. The van der Waals surface area contributed by atoms with Gasteiger partial charge in [-0.2, -0.15) is 0 Å². The number of hydrogen-bond acceptors (Lipinski definition) is 4. The van der Waals surface area contributed by atoms with E-state index in [-0.39, 0.29) is 18.3 Å². The molecule has 0 aliphatic carbocycles. The predicted molar refractivity (Wildman–Crippen MR) is 86.0 cm³/mol. The normalized spacial score (nSPS) is 17.4. The summed E-state index contributed by atoms with van der Waals surface area (Å²) in [6.45, 7) is 2.99. The summed E-state index contributed by atoms with van der Waals surface area (Å²) in [4.78, 5) is 14.0. The van der Waals surface area contributed by atoms with E-state index in [0.29, 0.717) is 19.1 Å². The number of amides is 1. The van der Waals surface area contributed by atoms with Crippen molar-refractivity contribution in [3.63, 3.8) is 0 Å². The van der Waals surface area contributed by atoms with Crippen LogP contribution in [0.3, 0.4) is 0 Å². The largest absolute Gasteiger partial charge is 0.497 e. The molecule has 1 unspecified atom stereocenters. The average molecular weight is 314 g/mol. The molecule has 1 atom stereocenters. The molecule has 1 saturated heterocycles. The van der Waals surface area contributed by atoms with Crippen LogP contribution in [-0.4, -0.2) is 50.6 Å². The molecule has 1 heterocycles. The molecule has 1 aliphatic heterocycles. The predicted octanol–water partition coefficient (Wildman–Crippen LogP) is 1.03. The Balaban J connectivity index is 0.00000220. The fraction of sp³-hybridized carbons (Fsp3) is 0.533. The van der Waals surface area contributed by atoms with Gasteiger partial charge in [-0.3, -0.25) is 9.69 Å². The number of halogens is 1. The Morgan fingerprint density at radius 1 is 1.52 bits per heavy atom. The lowest BCUT2D eigenvalue weighted by Crippen LogP contribution is -2.41. The molecule has 21 heavy (non-hydrogen) atoms. The molecule has 5 nitrogen and oxygen atoms in total. The van der Waals surface area contributed by atoms with Crippen LogP contribution < -0.4 is 15.4 Å². The van der Waals surface area contributed by atoms with Gasteiger partial charge in [0, 0.05) is 19.1 Å². The number of carbonyl (C=O) groups is 1. The third kappa shape index (κ3) is 5.53. The lowest BCUT2D eigenvalue weighted by molar-refractivity contribution is -0.122. The summed E-state index contributed by atoms with van der Waals surface area (Å²) in [7, 11) is 3.64. The van der Waals surface area contributed by atoms with Gasteiger partial charge >= 0.3 is 0 Å². The van der Waals surface area contributed by atoms with Gasteiger partial charge in [-0.1, -0.05) is 12.1 Å². The first kappa shape index (κ1) is 17.8. The second-order valence-corrected chi connectivity index (χ2v) is 5.19. The lowest BCUT2D eigenvalue weighted by atomic mass is 10.2. The smallest absolute Gasteiger partial charge is 0.234 e. The number of carbonyl (C=O) groups excluding carboxylic acids is 1. The maximum absolute atomic E-state index is 11.9. The van der Waals surface area contributed by atoms with E-state index in [1.54, 1.807) is 7.11 Å². The van der Waals surface area contributed by atoms with Gasteiger partial charge in [-0.05, 0) is 37.7 Å². The van der Waals surface area contributed by atoms with Crippen LogP contribution in [0.5, 0.6) is 5.75 Å². The molecule has 6 heteroatoms. The van der Waals surface area contributed by atoms with Crippen molar-refractivity contribution < 1.29 is 9.53 Å². The van der Waals surface area contributed by atoms with Crippen molar-refractivity contribution in [3.8, 4) is 5.75 Å². The summed E-state index contributed by atoms with van der Waals surface area (Å²) < 4.78 is 5.17. The molecule has 0 spiro atoms. The van der Waals surface area contributed by atoms with Crippen molar-refractivity contribution >= 4 is 18.3 Å². The molecule has 2 rings (SSSR count). The Bertz CT molecular complexity index is 450. The maximum atomic E-state index is 11.9. The molecular weight excluding hydrogens is 290 g/mol. The molecule has 1 amide bonds. The van der Waals surface area contributed by atoms with E-state index >= 15 is 0 Å². The van der Waals surface area contributed by atoms with Crippen LogP contribution in [0.25, 0.3) is 0 Å². The number of hydrogen-bond donors (Lipinski definition) is 2. The number of methoxy groups -OCH3 is 1. The van der Waals surface area contributed by atoms with E-state index in [0.717, 1.165) is 30.8 Å². The van der Waals surface area contributed by atoms with E-state index in [1.807, 2.05) is 31.3 Å². The van der Waals surface area contributed by atoms with Gasteiger partial charge in [0.1, 0.15) is 5.75 Å². The number of rotatable bonds is 6. The van der Waals surface area contributed by atoms with Gasteiger partial charge in [-0.15, -0.1) is 12.4 Å². The molecule has 0 radical (unpaired) electrons. The number of likely N-dealkylation sites (N-methyl/N-ethyl adjacent to an activating group) is 1. The molecular formula is C15H24ClN3O2. The Kier molecular flexibility index (Phi) is 7.50. The fourth-order valence-electron chi connectivity index (χ4n) is 2.41. The van der Waals surface area contributed by atoms with Crippen LogP contribution in [0.2, 0.25) is 0 Å². The number of ether oxygens (including phenoxy) is 1. The van der Waals surface area contributed by atoms with Crippen LogP contribution in [0.15, 0.2) is 24.3 Å². The number of nitrogens with zero attached hydrogens (tertiary/aromatic N) is 1. The third-order valence-electron chi connectivity index (χ3n) is 3.67. The van der Waals surface area contributed by atoms with E-state index < -0.39 is 0 Å². The Hall–Kier alpha value is -1.30. The minimum atomic E-state index is 0. The van der Waals surface area contributed by atoms with Crippen molar-refractivity contribution in [2.45, 2.75) is 19.0 Å². The molecule has 118 valence electrons. The van der Waals surface area contributed by atoms with Crippen LogP contribution in [0.1, 0.15) is 12.0 Å². The van der Waals surface area contributed by atoms with Gasteiger partial charge in [0.15, 0.2) is 0 Å². The molecule has 1 fully saturated rings. The SMILES string of the molecule is COc1cccc(CNC(=O)CN(C)C2CCNC2)c1.Cl. The highest BCUT2D eigenvalue weighted by molar-refractivity contribution is 5.85. The first-order chi connectivity index (χ1) is 9.69. The summed E-state index contributed by atoms with van der Waals surface area (Å²) >= 11 is 0. The van der Waals surface area contributed by atoms with E-state index in [4.69, 9.17) is 4.74 Å². The van der Waals surface area contributed by atoms with Crippen LogP contribution in [0, 0.1) is 0 Å². The maximum Gasteiger partial charge on any atom is 0.234 e. The summed E-state index contributed by atoms with van der Waals surface area (Å²) in [5, 5.41) is 6.26. The molecule has 2 N–H and O–H groups in total. The minimum absolute atomic E-state index is 0. The van der Waals surface area contributed by atoms with Crippen molar-refractivity contribution in [1.82, 2.24) is 15.5 Å². The minimum Gasteiger partial charge on any atom is -0.497 e. The van der Waals surface area contributed by atoms with Gasteiger partial charge in [0.05, 0.1) is 13.7 Å². The molecule has 0 saturated carbocycles. The zero-order valence-corrected chi connectivity index (χ0v) is 13.4. The Labute approximate surface area is 132 Å². The zero-order chi connectivity index (χ0) is 14.4. The van der Waals surface area contributed by atoms with Crippen molar-refractivity contribution in [1.29, 1.82) is 0 Å². The second-order valence-electron chi connectivity index (χ2n) is 5.19. The summed E-state index contributed by atoms with van der Waals surface area (Å²) in [5.74, 6) is 0.869. The van der Waals surface area contributed by atoms with Gasteiger partial charge < -0.3 is 15.4 Å². The first-order valence-electron chi connectivity index (χ1n) is 6.99. The third-order valence-corrected chi connectivity index (χ3v) is 3.67. The highest BCUT2D eigenvalue weighted by Gasteiger charge is 2.20. The standard InChI is InChI=1S/C15H23N3O2.ClH/c1-18(13-6-7-16-10-13)11-15(19)17-9-12-4-3-5-14(8-12)20-2;/h3-5,8,13,16H,6-7,9-11H2,1-2H3,(H,17,19);1H. The summed E-state index contributed by atoms with van der Waals surface area (Å²) in [6, 6.07) is 8.21. The highest BCUT2D eigenvalue weighted by atomic mass is 35.5. The van der Waals surface area contributed by atoms with E-state index in [9.17, 15) is 4.79 Å². The van der Waals surface area contributed by atoms with E-state index in [1.165, 1.54) is 0 Å². The van der Waals surface area contributed by atoms with Crippen LogP contribution in [-0.2, 0) is 11.3 Å². The second kappa shape index (κ2) is 8.87. The van der Waals surface area contributed by atoms with Crippen molar-refractivity contribution in [3.05, 3.63) is 29.8 Å². The number of benzene rings is 1. The monoisotopic (exact) mass is 313 g/mol. The van der Waals surface area contributed by atoms with Crippen molar-refractivity contribution in [2.24, 2.45) is 0 Å². The fourth-order valence-corrected chi connectivity index (χ4v) is 2.41. The molecule has 0 aromatic heterocycles. The molecule has 1 aromatic carbocycles. The van der Waals surface area contributed by atoms with Crippen LogP contribution in [0.4, 0.5) is 0 Å². The number of nitrogens with one attached hydrogen (secondary N) is 2. The topological polar surface area (TPSA) is 53.6 Å². The molecule has 1 aliphatic rings. The van der Waals surface area contributed by atoms with Gasteiger partial charge in [-0.25, -0.2) is 0 Å². The molecule has 1 aromatic rings. The first-order valence-corrected chi connectivity index (χ1v) is 6.99. The highest BCUT2D eigenvalue weighted by Crippen LogP contribution is 2.12. The zero-order valence-electron chi connectivity index (χ0n) is 12.6. The Morgan fingerprint density at radius 2 is 2.33 bits per heavy atom. The quantitative estimate of drug-likeness (QED) is 0.823. The van der Waals surface area contributed by atoms with Gasteiger partial charge in [0.2, 0.25) is 5.91 Å². The summed E-state index contributed by atoms with van der Waals surface area (Å²) in [5.41, 5.74) is 1.04. The lowest BCUT2D eigenvalue weighted by Gasteiger charge is -2.22.